The van der Waals surface area contributed by atoms with E-state index in [9.17, 15) is 9.90 Å². The van der Waals surface area contributed by atoms with Gasteiger partial charge in [-0.1, -0.05) is 11.2 Å². The molecule has 0 spiro atoms. The van der Waals surface area contributed by atoms with Gasteiger partial charge in [0.1, 0.15) is 0 Å². The van der Waals surface area contributed by atoms with E-state index >= 15 is 0 Å². The molecule has 8 heteroatoms. The summed E-state index contributed by atoms with van der Waals surface area (Å²) in [5, 5.41) is 14.8. The number of hydrogen-bond donors (Lipinski definition) is 1. The lowest BCUT2D eigenvalue weighted by atomic mass is 10.1. The van der Waals surface area contributed by atoms with Gasteiger partial charge in [0.2, 0.25) is 5.82 Å². The number of nitrogens with zero attached hydrogens (tertiary/aromatic N) is 3. The predicted octanol–water partition coefficient (Wildman–Crippen LogP) is 2.13. The van der Waals surface area contributed by atoms with Gasteiger partial charge >= 0.3 is 0 Å². The van der Waals surface area contributed by atoms with Crippen molar-refractivity contribution in [3.05, 3.63) is 58.3 Å². The first kappa shape index (κ1) is 18.7. The Bertz CT molecular complexity index is 1010. The van der Waals surface area contributed by atoms with Crippen LogP contribution in [0.4, 0.5) is 0 Å². The number of ether oxygens (including phenoxy) is 2. The van der Waals surface area contributed by atoms with Gasteiger partial charge in [0.15, 0.2) is 17.1 Å². The van der Waals surface area contributed by atoms with Gasteiger partial charge in [-0.2, -0.15) is 4.98 Å². The zero-order chi connectivity index (χ0) is 19.6. The SMILES string of the molecule is COc1ccc(-c2noc([C@@](C)(O)Cn3c(C)cccc3=O)n2)cc1OC. The van der Waals surface area contributed by atoms with Crippen LogP contribution in [0.25, 0.3) is 11.4 Å². The smallest absolute Gasteiger partial charge is 0.260 e. The van der Waals surface area contributed by atoms with Gasteiger partial charge in [0, 0.05) is 17.3 Å². The summed E-state index contributed by atoms with van der Waals surface area (Å²) in [4.78, 5) is 16.4. The molecular formula is C19H21N3O5. The van der Waals surface area contributed by atoms with Crippen LogP contribution in [0, 0.1) is 6.92 Å². The Kier molecular flexibility index (Phi) is 5.00. The number of aromatic nitrogens is 3. The lowest BCUT2D eigenvalue weighted by Gasteiger charge is -2.21. The number of aryl methyl sites for hydroxylation is 1. The molecule has 0 aliphatic heterocycles. The first-order chi connectivity index (χ1) is 12.9. The highest BCUT2D eigenvalue weighted by Gasteiger charge is 2.32. The second-order valence-corrected chi connectivity index (χ2v) is 6.36. The lowest BCUT2D eigenvalue weighted by Crippen LogP contribution is -2.34. The molecule has 1 N–H and O–H groups in total. The molecule has 8 nitrogen and oxygen atoms in total. The van der Waals surface area contributed by atoms with E-state index in [0.29, 0.717) is 22.9 Å². The average molecular weight is 371 g/mol. The van der Waals surface area contributed by atoms with Crippen LogP contribution in [-0.4, -0.2) is 34.0 Å². The van der Waals surface area contributed by atoms with Crippen molar-refractivity contribution in [3.8, 4) is 22.9 Å². The Morgan fingerprint density at radius 3 is 2.59 bits per heavy atom. The topological polar surface area (TPSA) is 99.6 Å². The highest BCUT2D eigenvalue weighted by molar-refractivity contribution is 5.60. The van der Waals surface area contributed by atoms with Crippen molar-refractivity contribution in [3.63, 3.8) is 0 Å². The summed E-state index contributed by atoms with van der Waals surface area (Å²) in [7, 11) is 3.09. The molecule has 1 atom stereocenters. The number of aliphatic hydroxyl groups is 1. The Morgan fingerprint density at radius 2 is 1.93 bits per heavy atom. The maximum absolute atomic E-state index is 12.1. The molecule has 0 radical (unpaired) electrons. The van der Waals surface area contributed by atoms with Crippen LogP contribution in [-0.2, 0) is 12.1 Å². The van der Waals surface area contributed by atoms with E-state index in [1.165, 1.54) is 24.7 Å². The summed E-state index contributed by atoms with van der Waals surface area (Å²) >= 11 is 0. The molecule has 1 aromatic carbocycles. The molecule has 3 aromatic rings. The Balaban J connectivity index is 1.91. The summed E-state index contributed by atoms with van der Waals surface area (Å²) in [5.41, 5.74) is -0.360. The standard InChI is InChI=1S/C19H21N3O5/c1-12-6-5-7-16(23)22(12)11-19(2,24)18-20-17(21-27-18)13-8-9-14(25-3)15(10-13)26-4/h5-10,24H,11H2,1-4H3/t19-/m0/s1. The van der Waals surface area contributed by atoms with Gasteiger partial charge in [-0.15, -0.1) is 0 Å². The molecule has 27 heavy (non-hydrogen) atoms. The normalized spacial score (nSPS) is 13.2. The fourth-order valence-corrected chi connectivity index (χ4v) is 2.74. The number of methoxy groups -OCH3 is 2. The zero-order valence-corrected chi connectivity index (χ0v) is 15.6. The van der Waals surface area contributed by atoms with E-state index < -0.39 is 5.60 Å². The molecule has 0 unspecified atom stereocenters. The minimum absolute atomic E-state index is 0.00786. The third-order valence-corrected chi connectivity index (χ3v) is 4.26. The van der Waals surface area contributed by atoms with Crippen LogP contribution in [0.2, 0.25) is 0 Å². The summed E-state index contributed by atoms with van der Waals surface area (Å²) in [6, 6.07) is 10.1. The number of rotatable bonds is 6. The highest BCUT2D eigenvalue weighted by Crippen LogP contribution is 2.32. The second-order valence-electron chi connectivity index (χ2n) is 6.36. The van der Waals surface area contributed by atoms with Crippen LogP contribution >= 0.6 is 0 Å². The Hall–Kier alpha value is -3.13. The molecule has 3 rings (SSSR count). The van der Waals surface area contributed by atoms with Gasteiger partial charge in [-0.25, -0.2) is 0 Å². The maximum Gasteiger partial charge on any atom is 0.260 e. The van der Waals surface area contributed by atoms with Crippen molar-refractivity contribution < 1.29 is 19.1 Å². The van der Waals surface area contributed by atoms with Gasteiger partial charge in [0.05, 0.1) is 20.8 Å². The Labute approximate surface area is 156 Å². The monoisotopic (exact) mass is 371 g/mol. The molecule has 0 saturated carbocycles. The van der Waals surface area contributed by atoms with Crippen molar-refractivity contribution >= 4 is 0 Å². The third kappa shape index (κ3) is 3.70. The zero-order valence-electron chi connectivity index (χ0n) is 15.6. The average Bonchev–Trinajstić information content (AvgIpc) is 3.15. The molecule has 0 amide bonds. The summed E-state index contributed by atoms with van der Waals surface area (Å²) in [6.07, 6.45) is 0. The summed E-state index contributed by atoms with van der Waals surface area (Å²) in [5.74, 6) is 1.42. The van der Waals surface area contributed by atoms with Crippen molar-refractivity contribution in [2.75, 3.05) is 14.2 Å². The molecule has 0 fully saturated rings. The van der Waals surface area contributed by atoms with E-state index in [1.807, 2.05) is 0 Å². The van der Waals surface area contributed by atoms with Gasteiger partial charge in [0.25, 0.3) is 11.4 Å². The molecule has 0 aliphatic carbocycles. The van der Waals surface area contributed by atoms with Crippen molar-refractivity contribution in [2.45, 2.75) is 26.0 Å². The molecule has 0 aliphatic rings. The van der Waals surface area contributed by atoms with Crippen LogP contribution in [0.15, 0.2) is 45.7 Å². The maximum atomic E-state index is 12.1. The fourth-order valence-electron chi connectivity index (χ4n) is 2.74. The summed E-state index contributed by atoms with van der Waals surface area (Å²) < 4.78 is 17.2. The van der Waals surface area contributed by atoms with Crippen molar-refractivity contribution in [2.24, 2.45) is 0 Å². The Morgan fingerprint density at radius 1 is 1.19 bits per heavy atom. The van der Waals surface area contributed by atoms with Gasteiger partial charge in [-0.3, -0.25) is 4.79 Å². The van der Waals surface area contributed by atoms with E-state index in [4.69, 9.17) is 14.0 Å². The van der Waals surface area contributed by atoms with Gasteiger partial charge < -0.3 is 23.7 Å². The van der Waals surface area contributed by atoms with Crippen LogP contribution < -0.4 is 15.0 Å². The molecule has 0 saturated heterocycles. The first-order valence-electron chi connectivity index (χ1n) is 8.31. The number of hydrogen-bond acceptors (Lipinski definition) is 7. The minimum Gasteiger partial charge on any atom is -0.493 e. The van der Waals surface area contributed by atoms with Crippen molar-refractivity contribution in [1.82, 2.24) is 14.7 Å². The number of pyridine rings is 1. The molecule has 2 aromatic heterocycles. The molecule has 2 heterocycles. The van der Waals surface area contributed by atoms with Crippen molar-refractivity contribution in [1.29, 1.82) is 0 Å². The fraction of sp³-hybridized carbons (Fsp3) is 0.316. The lowest BCUT2D eigenvalue weighted by molar-refractivity contribution is 0.00479. The molecular weight excluding hydrogens is 350 g/mol. The second kappa shape index (κ2) is 7.24. The predicted molar refractivity (Wildman–Crippen MR) is 97.8 cm³/mol. The number of benzene rings is 1. The van der Waals surface area contributed by atoms with Crippen LogP contribution in [0.1, 0.15) is 18.5 Å². The largest absolute Gasteiger partial charge is 0.493 e. The minimum atomic E-state index is -1.52. The van der Waals surface area contributed by atoms with E-state index in [-0.39, 0.29) is 18.0 Å². The van der Waals surface area contributed by atoms with Crippen LogP contribution in [0.5, 0.6) is 11.5 Å². The van der Waals surface area contributed by atoms with Gasteiger partial charge in [-0.05, 0) is 38.1 Å². The highest BCUT2D eigenvalue weighted by atomic mass is 16.5. The molecule has 142 valence electrons. The van der Waals surface area contributed by atoms with E-state index in [2.05, 4.69) is 10.1 Å². The van der Waals surface area contributed by atoms with E-state index in [1.54, 1.807) is 44.4 Å². The summed E-state index contributed by atoms with van der Waals surface area (Å²) in [6.45, 7) is 3.31. The molecule has 0 bridgehead atoms. The quantitative estimate of drug-likeness (QED) is 0.708. The first-order valence-corrected chi connectivity index (χ1v) is 8.31. The van der Waals surface area contributed by atoms with Crippen LogP contribution in [0.3, 0.4) is 0 Å². The van der Waals surface area contributed by atoms with E-state index in [0.717, 1.165) is 5.69 Å². The third-order valence-electron chi connectivity index (χ3n) is 4.26.